The fourth-order valence-electron chi connectivity index (χ4n) is 11.4. The molecule has 54 heavy (non-hydrogen) atoms. The minimum absolute atomic E-state index is 0.0291. The van der Waals surface area contributed by atoms with E-state index in [1.165, 1.54) is 110 Å². The van der Waals surface area contributed by atoms with Crippen molar-refractivity contribution in [3.63, 3.8) is 0 Å². The Kier molecular flexibility index (Phi) is 4.38. The Bertz CT molecular complexity index is 3600. The molecule has 0 N–H and O–H groups in total. The fourth-order valence-corrected chi connectivity index (χ4v) is 11.4. The average Bonchev–Trinajstić information content (AvgIpc) is 3.89. The highest BCUT2D eigenvalue weighted by Crippen LogP contribution is 2.49. The maximum Gasteiger partial charge on any atom is 0.336 e. The topological polar surface area (TPSA) is 26.2 Å². The van der Waals surface area contributed by atoms with Crippen LogP contribution in [0.15, 0.2) is 156 Å². The maximum absolute atomic E-state index is 7.12. The Labute approximate surface area is 309 Å². The van der Waals surface area contributed by atoms with Crippen LogP contribution in [0.5, 0.6) is 0 Å². The number of furan rings is 1. The summed E-state index contributed by atoms with van der Waals surface area (Å²) < 4.78 is 12.4. The highest BCUT2D eigenvalue weighted by Gasteiger charge is 2.51. The van der Waals surface area contributed by atoms with Gasteiger partial charge >= 0.3 is 13.7 Å². The van der Waals surface area contributed by atoms with Crippen LogP contribution in [0.4, 0.5) is 17.1 Å². The van der Waals surface area contributed by atoms with Gasteiger partial charge in [-0.1, -0.05) is 121 Å². The molecule has 0 atom stereocenters. The summed E-state index contributed by atoms with van der Waals surface area (Å²) in [6, 6.07) is 56.8. The van der Waals surface area contributed by atoms with Gasteiger partial charge in [0, 0.05) is 88.0 Å². The van der Waals surface area contributed by atoms with E-state index in [1.807, 2.05) is 0 Å². The highest BCUT2D eigenvalue weighted by atomic mass is 16.3. The van der Waals surface area contributed by atoms with E-state index in [0.717, 1.165) is 16.6 Å². The second kappa shape index (κ2) is 8.82. The normalized spacial score (nSPS) is 14.2. The minimum atomic E-state index is -0.0928. The van der Waals surface area contributed by atoms with Gasteiger partial charge in [-0.3, -0.25) is 0 Å². The molecule has 15 rings (SSSR count). The predicted molar refractivity (Wildman–Crippen MR) is 226 cm³/mol. The first kappa shape index (κ1) is 26.8. The van der Waals surface area contributed by atoms with Gasteiger partial charge in [-0.15, -0.1) is 0 Å². The maximum atomic E-state index is 7.12. The number of anilines is 3. The molecule has 4 aliphatic heterocycles. The molecule has 0 unspecified atom stereocenters. The zero-order chi connectivity index (χ0) is 34.6. The molecule has 0 radical (unpaired) electrons. The molecule has 0 fully saturated rings. The molecule has 6 heteroatoms. The van der Waals surface area contributed by atoms with Crippen molar-refractivity contribution in [2.75, 3.05) is 4.90 Å². The fraction of sp³-hybridized carbons (Fsp3) is 0. The van der Waals surface area contributed by atoms with Crippen molar-refractivity contribution in [2.45, 2.75) is 0 Å². The molecule has 8 aromatic carbocycles. The second-order valence-corrected chi connectivity index (χ2v) is 15.5. The standard InChI is InChI=1S/C48H25B2N3O/c1-4-20-37-26(11-1)31-16-7-18-33-29-14-9-22-39-42(29)49(52(37)45(31)33)36-25-35-28-13-3-6-24-41(28)54-48(35)44-47(36)51(39)40-23-10-15-30-34-19-8-17-32-27-12-2-5-21-38(27)53(46(32)34)50(44)43(30)40/h1-25H. The molecule has 0 aliphatic carbocycles. The van der Waals surface area contributed by atoms with E-state index >= 15 is 0 Å². The Balaban J connectivity index is 1.21. The van der Waals surface area contributed by atoms with Crippen LogP contribution in [0.1, 0.15) is 0 Å². The Morgan fingerprint density at radius 3 is 1.59 bits per heavy atom. The van der Waals surface area contributed by atoms with Gasteiger partial charge in [0.1, 0.15) is 11.2 Å². The van der Waals surface area contributed by atoms with Gasteiger partial charge in [-0.25, -0.2) is 0 Å². The Morgan fingerprint density at radius 1 is 0.407 bits per heavy atom. The van der Waals surface area contributed by atoms with Gasteiger partial charge in [0.15, 0.2) is 0 Å². The molecule has 0 amide bonds. The monoisotopic (exact) mass is 681 g/mol. The predicted octanol–water partition coefficient (Wildman–Crippen LogP) is 9.17. The zero-order valence-electron chi connectivity index (χ0n) is 28.8. The lowest BCUT2D eigenvalue weighted by Crippen LogP contribution is -2.64. The Morgan fingerprint density at radius 2 is 0.926 bits per heavy atom. The molecule has 244 valence electrons. The zero-order valence-corrected chi connectivity index (χ0v) is 28.8. The lowest BCUT2D eigenvalue weighted by atomic mass is 9.39. The van der Waals surface area contributed by atoms with Crippen LogP contribution in [0.2, 0.25) is 0 Å². The van der Waals surface area contributed by atoms with Crippen molar-refractivity contribution in [1.29, 1.82) is 0 Å². The van der Waals surface area contributed by atoms with Crippen LogP contribution in [0, 0.1) is 0 Å². The summed E-state index contributed by atoms with van der Waals surface area (Å²) in [5.74, 6) is 0. The molecule has 11 aromatic rings. The van der Waals surface area contributed by atoms with E-state index in [9.17, 15) is 0 Å². The number of hydrogen-bond donors (Lipinski definition) is 0. The molecular formula is C48H25B2N3O. The lowest BCUT2D eigenvalue weighted by molar-refractivity contribution is 0.671. The molecule has 0 spiro atoms. The summed E-state index contributed by atoms with van der Waals surface area (Å²) in [4.78, 5) is 2.61. The lowest BCUT2D eigenvalue weighted by Gasteiger charge is -2.46. The van der Waals surface area contributed by atoms with Gasteiger partial charge < -0.3 is 18.3 Å². The van der Waals surface area contributed by atoms with E-state index in [4.69, 9.17) is 4.42 Å². The van der Waals surface area contributed by atoms with Gasteiger partial charge in [0.05, 0.1) is 0 Å². The SMILES string of the molecule is c1cc2c3c(c1)N1c4cccc5c4B(c4c1c(cc1c4oc4ccccc41)B3n1c3ccccc3c3cccc-2c31)n1c2ccccc2c2cccc-5c21. The summed E-state index contributed by atoms with van der Waals surface area (Å²) in [6.45, 7) is -0.122. The van der Waals surface area contributed by atoms with Crippen molar-refractivity contribution in [1.82, 2.24) is 8.96 Å². The largest absolute Gasteiger partial charge is 0.456 e. The van der Waals surface area contributed by atoms with Gasteiger partial charge in [-0.05, 0) is 57.8 Å². The summed E-state index contributed by atoms with van der Waals surface area (Å²) in [7, 11) is 0. The molecule has 4 aliphatic rings. The van der Waals surface area contributed by atoms with Crippen molar-refractivity contribution < 1.29 is 4.42 Å². The first-order chi connectivity index (χ1) is 26.8. The number of hydrogen-bond acceptors (Lipinski definition) is 2. The highest BCUT2D eigenvalue weighted by molar-refractivity contribution is 6.96. The van der Waals surface area contributed by atoms with E-state index in [1.54, 1.807) is 0 Å². The van der Waals surface area contributed by atoms with E-state index in [-0.39, 0.29) is 13.7 Å². The van der Waals surface area contributed by atoms with Gasteiger partial charge in [0.25, 0.3) is 0 Å². The molecule has 3 aromatic heterocycles. The summed E-state index contributed by atoms with van der Waals surface area (Å²) >= 11 is 0. The molecular weight excluding hydrogens is 656 g/mol. The van der Waals surface area contributed by atoms with Crippen molar-refractivity contribution in [3.8, 4) is 22.3 Å². The number of fused-ring (bicyclic) bond motifs is 18. The summed E-state index contributed by atoms with van der Waals surface area (Å²) in [5.41, 5.74) is 21.3. The van der Waals surface area contributed by atoms with E-state index < -0.39 is 0 Å². The van der Waals surface area contributed by atoms with Crippen molar-refractivity contribution in [2.24, 2.45) is 0 Å². The van der Waals surface area contributed by atoms with Crippen LogP contribution in [0.3, 0.4) is 0 Å². The van der Waals surface area contributed by atoms with Crippen molar-refractivity contribution in [3.05, 3.63) is 152 Å². The molecule has 0 saturated heterocycles. The van der Waals surface area contributed by atoms with Crippen LogP contribution in [-0.2, 0) is 0 Å². The first-order valence-electron chi connectivity index (χ1n) is 18.9. The summed E-state index contributed by atoms with van der Waals surface area (Å²) in [6.07, 6.45) is 0. The third kappa shape index (κ3) is 2.76. The van der Waals surface area contributed by atoms with Gasteiger partial charge in [-0.2, -0.15) is 0 Å². The van der Waals surface area contributed by atoms with E-state index in [0.29, 0.717) is 0 Å². The quantitative estimate of drug-likeness (QED) is 0.149. The third-order valence-electron chi connectivity index (χ3n) is 13.3. The number of para-hydroxylation sites is 5. The van der Waals surface area contributed by atoms with Crippen LogP contribution in [0.25, 0.3) is 87.8 Å². The van der Waals surface area contributed by atoms with Crippen LogP contribution < -0.4 is 26.8 Å². The minimum Gasteiger partial charge on any atom is -0.456 e. The third-order valence-corrected chi connectivity index (χ3v) is 13.3. The van der Waals surface area contributed by atoms with Crippen molar-refractivity contribution >= 4 is 118 Å². The van der Waals surface area contributed by atoms with Crippen LogP contribution in [-0.4, -0.2) is 22.7 Å². The molecule has 7 heterocycles. The molecule has 0 bridgehead atoms. The number of benzene rings is 8. The smallest absolute Gasteiger partial charge is 0.336 e. The van der Waals surface area contributed by atoms with Gasteiger partial charge in [0.2, 0.25) is 0 Å². The number of rotatable bonds is 0. The second-order valence-electron chi connectivity index (χ2n) is 15.5. The number of aromatic nitrogens is 2. The Hall–Kier alpha value is -6.91. The van der Waals surface area contributed by atoms with E-state index in [2.05, 4.69) is 166 Å². The molecule has 0 saturated carbocycles. The first-order valence-corrected chi connectivity index (χ1v) is 18.9. The average molecular weight is 681 g/mol. The van der Waals surface area contributed by atoms with Crippen LogP contribution >= 0.6 is 0 Å². The molecule has 4 nitrogen and oxygen atoms in total. The number of nitrogens with zero attached hydrogens (tertiary/aromatic N) is 3. The summed E-state index contributed by atoms with van der Waals surface area (Å²) in [5, 5.41) is 7.54.